The van der Waals surface area contributed by atoms with Crippen LogP contribution in [-0.2, 0) is 25.8 Å². The Morgan fingerprint density at radius 2 is 1.02 bits per heavy atom. The average molecular weight is 553 g/mol. The van der Waals surface area contributed by atoms with Crippen LogP contribution in [0.15, 0.2) is 24.3 Å². The van der Waals surface area contributed by atoms with Gasteiger partial charge in [-0.2, -0.15) is 0 Å². The van der Waals surface area contributed by atoms with Crippen molar-refractivity contribution in [3.8, 4) is 5.75 Å². The van der Waals surface area contributed by atoms with E-state index in [1.54, 1.807) is 0 Å². The monoisotopic (exact) mass is 552 g/mol. The van der Waals surface area contributed by atoms with Gasteiger partial charge in [-0.3, -0.25) is 0 Å². The molecule has 5 rings (SSSR count). The van der Waals surface area contributed by atoms with E-state index < -0.39 is 0 Å². The Bertz CT molecular complexity index is 1830. The van der Waals surface area contributed by atoms with Gasteiger partial charge in [-0.1, -0.05) is 48.5 Å². The molecule has 5 heterocycles. The normalized spacial score (nSPS) is 13.6. The first-order valence-electron chi connectivity index (χ1n) is 15.9. The maximum Gasteiger partial charge on any atom is 0.144 e. The molecule has 1 aliphatic heterocycles. The first-order chi connectivity index (χ1) is 19.9. The fraction of sp³-hybridized carbons (Fsp3) is 0.444. The van der Waals surface area contributed by atoms with E-state index in [4.69, 9.17) is 0 Å². The smallest absolute Gasteiger partial charge is 0.144 e. The topological polar surface area (TPSA) is 72.5 Å². The summed E-state index contributed by atoms with van der Waals surface area (Å²) in [4.78, 5) is 11.4. The van der Waals surface area contributed by atoms with Crippen LogP contribution in [0.25, 0.3) is 22.3 Å². The number of nitrogens with one attached hydrogen (secondary N) is 3. The highest BCUT2D eigenvalue weighted by molar-refractivity contribution is 5.77. The van der Waals surface area contributed by atoms with Gasteiger partial charge in [0.05, 0.1) is 11.4 Å². The van der Waals surface area contributed by atoms with Crippen LogP contribution in [0.3, 0.4) is 0 Å². The fourth-order valence-corrected chi connectivity index (χ4v) is 7.31. The molecule has 4 N–H and O–H groups in total. The second-order valence-electron chi connectivity index (χ2n) is 11.1. The van der Waals surface area contributed by atoms with Gasteiger partial charge in [0.15, 0.2) is 0 Å². The quantitative estimate of drug-likeness (QED) is 0.225. The zero-order chi connectivity index (χ0) is 29.4. The number of fused-ring (bicyclic) bond motifs is 8. The lowest BCUT2D eigenvalue weighted by Crippen LogP contribution is -2.31. The molecule has 0 amide bonds. The first-order valence-corrected chi connectivity index (χ1v) is 15.9. The highest BCUT2D eigenvalue weighted by Gasteiger charge is 2.24. The van der Waals surface area contributed by atoms with Gasteiger partial charge in [-0.15, -0.1) is 0 Å². The summed E-state index contributed by atoms with van der Waals surface area (Å²) in [5.41, 5.74) is 13.2. The first kappa shape index (κ1) is 28.9. The summed E-state index contributed by atoms with van der Waals surface area (Å²) in [6.07, 6.45) is 6.25. The summed E-state index contributed by atoms with van der Waals surface area (Å²) >= 11 is 0. The van der Waals surface area contributed by atoms with Crippen LogP contribution in [0.5, 0.6) is 5.75 Å². The van der Waals surface area contributed by atoms with Crippen molar-refractivity contribution in [2.45, 2.75) is 107 Å². The molecule has 0 fully saturated rings. The van der Waals surface area contributed by atoms with Crippen LogP contribution in [0, 0.1) is 0 Å². The van der Waals surface area contributed by atoms with Gasteiger partial charge < -0.3 is 24.6 Å². The molecule has 0 radical (unpaired) electrons. The Morgan fingerprint density at radius 3 is 1.54 bits per heavy atom. The van der Waals surface area contributed by atoms with E-state index in [1.165, 1.54) is 44.2 Å². The molecule has 5 nitrogen and oxygen atoms in total. The molecule has 0 spiro atoms. The lowest BCUT2D eigenvalue weighted by molar-refractivity contribution is 0.468. The highest BCUT2D eigenvalue weighted by Crippen LogP contribution is 2.35. The van der Waals surface area contributed by atoms with E-state index in [9.17, 15) is 5.11 Å². The Labute approximate surface area is 244 Å². The minimum atomic E-state index is 0.392. The number of hydrogen-bond acceptors (Lipinski definition) is 1. The third kappa shape index (κ3) is 4.45. The molecule has 0 atom stereocenters. The van der Waals surface area contributed by atoms with Crippen molar-refractivity contribution in [1.82, 2.24) is 19.5 Å². The predicted molar refractivity (Wildman–Crippen MR) is 172 cm³/mol. The molecular weight excluding hydrogens is 504 g/mol. The summed E-state index contributed by atoms with van der Waals surface area (Å²) in [6.45, 7) is 18.8. The van der Waals surface area contributed by atoms with Crippen molar-refractivity contribution in [2.75, 3.05) is 0 Å². The van der Waals surface area contributed by atoms with E-state index in [-0.39, 0.29) is 0 Å². The third-order valence-electron chi connectivity index (χ3n) is 9.19. The van der Waals surface area contributed by atoms with Crippen LogP contribution < -0.4 is 21.4 Å². The van der Waals surface area contributed by atoms with Crippen molar-refractivity contribution in [3.05, 3.63) is 85.1 Å². The van der Waals surface area contributed by atoms with Crippen LogP contribution in [-0.4, -0.2) is 24.6 Å². The van der Waals surface area contributed by atoms with Crippen LogP contribution in [0.4, 0.5) is 0 Å². The molecule has 0 saturated carbocycles. The number of aromatic nitrogens is 4. The Morgan fingerprint density at radius 1 is 0.512 bits per heavy atom. The molecule has 1 aliphatic rings. The van der Waals surface area contributed by atoms with Crippen molar-refractivity contribution >= 4 is 22.3 Å². The Kier molecular flexibility index (Phi) is 8.26. The maximum absolute atomic E-state index is 11.7. The van der Waals surface area contributed by atoms with E-state index in [0.29, 0.717) is 5.75 Å². The number of nitrogens with zero attached hydrogens (tertiary/aromatic N) is 1. The molecule has 218 valence electrons. The minimum absolute atomic E-state index is 0.392. The van der Waals surface area contributed by atoms with Gasteiger partial charge in [-0.25, -0.2) is 0 Å². The maximum atomic E-state index is 11.7. The van der Waals surface area contributed by atoms with Crippen LogP contribution in [0.1, 0.15) is 121 Å². The lowest BCUT2D eigenvalue weighted by Gasteiger charge is -2.12. The van der Waals surface area contributed by atoms with Gasteiger partial charge in [-0.05, 0) is 104 Å². The second-order valence-corrected chi connectivity index (χ2v) is 11.1. The zero-order valence-corrected chi connectivity index (χ0v) is 26.4. The summed E-state index contributed by atoms with van der Waals surface area (Å²) in [6, 6.07) is 8.89. The molecule has 0 aromatic carbocycles. The lowest BCUT2D eigenvalue weighted by atomic mass is 9.98. The molecule has 41 heavy (non-hydrogen) atoms. The number of H-pyrrole nitrogens is 3. The summed E-state index contributed by atoms with van der Waals surface area (Å²) in [5, 5.41) is 16.6. The highest BCUT2D eigenvalue weighted by atomic mass is 16.3. The van der Waals surface area contributed by atoms with Crippen molar-refractivity contribution in [2.24, 2.45) is 0 Å². The van der Waals surface area contributed by atoms with Crippen LogP contribution in [0.2, 0.25) is 0 Å². The number of aromatic amines is 3. The number of aromatic hydroxyl groups is 1. The largest absolute Gasteiger partial charge is 0.505 e. The Balaban J connectivity index is 2.13. The third-order valence-corrected chi connectivity index (χ3v) is 9.19. The van der Waals surface area contributed by atoms with Crippen molar-refractivity contribution < 1.29 is 5.11 Å². The van der Waals surface area contributed by atoms with Crippen LogP contribution >= 0.6 is 0 Å². The SMILES string of the molecule is CCC1=c2ccc([nH]2)=C(CC)c2[nH]c(c(CC)c2O)C(CC)=c2c(CC)c(CC)c(n2CC)=C(CC)c2ccc1[nH]2. The standard InChI is InChI=1S/C36H48N4O/c1-9-21-22(10-2)35-26(14-6)32-27(15-7)36(41)33(39-32)24(12-4)30-19-17-28(37-30)23(11-3)29-18-20-31(38-29)25(13-5)34(21)40(35)16-8/h17-20,37-39,41H,9-16H2,1-8H3. The Hall–Kier alpha value is -3.60. The molecule has 0 aliphatic carbocycles. The van der Waals surface area contributed by atoms with E-state index in [1.807, 2.05) is 0 Å². The van der Waals surface area contributed by atoms with Gasteiger partial charge in [0, 0.05) is 50.5 Å². The predicted octanol–water partition coefficient (Wildman–Crippen LogP) is 5.63. The second kappa shape index (κ2) is 11.7. The summed E-state index contributed by atoms with van der Waals surface area (Å²) in [5.74, 6) is 0.392. The average Bonchev–Trinajstić information content (AvgIpc) is 3.77. The molecular formula is C36H48N4O. The summed E-state index contributed by atoms with van der Waals surface area (Å²) in [7, 11) is 0. The van der Waals surface area contributed by atoms with Gasteiger partial charge in [0.1, 0.15) is 5.75 Å². The number of hydrogen-bond donors (Lipinski definition) is 4. The molecule has 5 heteroatoms. The van der Waals surface area contributed by atoms with Crippen molar-refractivity contribution in [1.29, 1.82) is 0 Å². The molecule has 0 saturated heterocycles. The van der Waals surface area contributed by atoms with Gasteiger partial charge >= 0.3 is 0 Å². The van der Waals surface area contributed by atoms with E-state index >= 15 is 0 Å². The molecule has 4 aromatic rings. The minimum Gasteiger partial charge on any atom is -0.505 e. The van der Waals surface area contributed by atoms with Gasteiger partial charge in [0.2, 0.25) is 0 Å². The summed E-state index contributed by atoms with van der Waals surface area (Å²) < 4.78 is 2.57. The van der Waals surface area contributed by atoms with E-state index in [2.05, 4.69) is 99.2 Å². The zero-order valence-electron chi connectivity index (χ0n) is 26.4. The number of rotatable bonds is 8. The van der Waals surface area contributed by atoms with E-state index in [0.717, 1.165) is 90.4 Å². The molecule has 4 aromatic heterocycles. The molecule has 0 unspecified atom stereocenters. The fourth-order valence-electron chi connectivity index (χ4n) is 7.31. The van der Waals surface area contributed by atoms with Crippen molar-refractivity contribution in [3.63, 3.8) is 0 Å². The molecule has 8 bridgehead atoms. The van der Waals surface area contributed by atoms with Gasteiger partial charge in [0.25, 0.3) is 0 Å².